The summed E-state index contributed by atoms with van der Waals surface area (Å²) in [5.74, 6) is -2.33. The molecule has 3 aromatic heterocycles. The second-order valence-corrected chi connectivity index (χ2v) is 12.7. The lowest BCUT2D eigenvalue weighted by Crippen LogP contribution is -2.23. The molecule has 0 aliphatic carbocycles. The minimum Gasteiger partial charge on any atom is -0.421 e. The zero-order chi connectivity index (χ0) is 32.1. The molecule has 0 radical (unpaired) electrons. The molecule has 234 valence electrons. The molecule has 1 fully saturated rings. The fraction of sp³-hybridized carbons (Fsp3) is 0.265. The van der Waals surface area contributed by atoms with Gasteiger partial charge in [0.2, 0.25) is 11.8 Å². The summed E-state index contributed by atoms with van der Waals surface area (Å²) in [6.07, 6.45) is 2.11. The summed E-state index contributed by atoms with van der Waals surface area (Å²) in [6.45, 7) is 4.33. The van der Waals surface area contributed by atoms with E-state index in [4.69, 9.17) is 9.40 Å². The Bertz CT molecular complexity index is 1990. The van der Waals surface area contributed by atoms with Gasteiger partial charge >= 0.3 is 0 Å². The number of hydrogen-bond acceptors (Lipinski definition) is 7. The third-order valence-electron chi connectivity index (χ3n) is 8.54. The summed E-state index contributed by atoms with van der Waals surface area (Å²) in [7, 11) is 0. The molecule has 2 amide bonds. The van der Waals surface area contributed by atoms with E-state index in [9.17, 15) is 22.8 Å². The number of nitrogens with zero attached hydrogens (tertiary/aromatic N) is 4. The first-order chi connectivity index (χ1) is 22.2. The Labute approximate surface area is 266 Å². The van der Waals surface area contributed by atoms with E-state index < -0.39 is 17.5 Å². The molecular formula is C34H28F3N5O3S. The summed E-state index contributed by atoms with van der Waals surface area (Å²) in [6, 6.07) is 13.1. The molecule has 2 aromatic carbocycles. The molecule has 1 saturated heterocycles. The second kappa shape index (κ2) is 11.8. The Kier molecular flexibility index (Phi) is 7.67. The number of halogens is 3. The Morgan fingerprint density at radius 1 is 1.04 bits per heavy atom. The number of carbonyl (C=O) groups excluding carboxylic acids is 2. The predicted molar refractivity (Wildman–Crippen MR) is 165 cm³/mol. The van der Waals surface area contributed by atoms with Crippen molar-refractivity contribution < 1.29 is 27.2 Å². The highest BCUT2D eigenvalue weighted by Gasteiger charge is 2.45. The molecular weight excluding hydrogens is 615 g/mol. The van der Waals surface area contributed by atoms with Crippen molar-refractivity contribution >= 4 is 23.2 Å². The van der Waals surface area contributed by atoms with E-state index >= 15 is 0 Å². The van der Waals surface area contributed by atoms with E-state index in [2.05, 4.69) is 15.5 Å². The van der Waals surface area contributed by atoms with Crippen LogP contribution in [0.5, 0.6) is 0 Å². The molecule has 0 saturated carbocycles. The number of aromatic nitrogens is 3. The fourth-order valence-corrected chi connectivity index (χ4v) is 7.26. The van der Waals surface area contributed by atoms with E-state index in [0.29, 0.717) is 62.3 Å². The van der Waals surface area contributed by atoms with Gasteiger partial charge in [0.05, 0.1) is 33.4 Å². The van der Waals surface area contributed by atoms with E-state index in [0.717, 1.165) is 30.5 Å². The standard InChI is InChI=1S/C34H28F3N5O3S/c1-17(20-6-8-21(35)9-7-20)14-24-28(33-41-40-18(2)45-33)29(30-31(39-24)25-4-3-13-42(25)34(30)44)26-11-12-27(46-26)32(43)38-16-19-5-10-22(36)23(37)15-19/h5-12,15,17,25H,3-4,13-14,16H2,1-2H3,(H,38,43)/t17-,25-/m1/s1. The van der Waals surface area contributed by atoms with Gasteiger partial charge in [0.15, 0.2) is 11.6 Å². The van der Waals surface area contributed by atoms with Gasteiger partial charge in [-0.3, -0.25) is 14.6 Å². The number of carbonyl (C=O) groups is 2. The van der Waals surface area contributed by atoms with Crippen molar-refractivity contribution in [2.75, 3.05) is 6.54 Å². The smallest absolute Gasteiger partial charge is 0.261 e. The molecule has 0 bridgehead atoms. The van der Waals surface area contributed by atoms with Crippen molar-refractivity contribution in [3.8, 4) is 21.9 Å². The third kappa shape index (κ3) is 5.36. The minimum absolute atomic E-state index is 0.000974. The number of nitrogens with one attached hydrogen (secondary N) is 1. The highest BCUT2D eigenvalue weighted by Crippen LogP contribution is 2.49. The van der Waals surface area contributed by atoms with Crippen LogP contribution in [-0.4, -0.2) is 38.4 Å². The zero-order valence-corrected chi connectivity index (χ0v) is 25.8. The van der Waals surface area contributed by atoms with Crippen molar-refractivity contribution in [2.24, 2.45) is 0 Å². The van der Waals surface area contributed by atoms with E-state index in [1.165, 1.54) is 29.5 Å². The number of pyridine rings is 1. The molecule has 2 aliphatic heterocycles. The number of hydrogen-bond donors (Lipinski definition) is 1. The van der Waals surface area contributed by atoms with Crippen molar-refractivity contribution in [1.29, 1.82) is 0 Å². The van der Waals surface area contributed by atoms with Crippen molar-refractivity contribution in [3.05, 3.63) is 111 Å². The normalized spacial score (nSPS) is 16.1. The zero-order valence-electron chi connectivity index (χ0n) is 24.9. The lowest BCUT2D eigenvalue weighted by Gasteiger charge is -2.19. The number of aryl methyl sites for hydroxylation is 1. The van der Waals surface area contributed by atoms with Crippen LogP contribution in [0.25, 0.3) is 21.9 Å². The fourth-order valence-electron chi connectivity index (χ4n) is 6.28. The quantitative estimate of drug-likeness (QED) is 0.193. The predicted octanol–water partition coefficient (Wildman–Crippen LogP) is 7.15. The van der Waals surface area contributed by atoms with Gasteiger partial charge in [-0.15, -0.1) is 21.5 Å². The SMILES string of the molecule is Cc1nnc(-c2c(C[C@@H](C)c3ccc(F)cc3)nc3c(c2-c2ccc(C(=O)NCc4ccc(F)c(F)c4)s2)C(=O)N2CCC[C@H]32)o1. The summed E-state index contributed by atoms with van der Waals surface area (Å²) < 4.78 is 46.7. The van der Waals surface area contributed by atoms with Gasteiger partial charge in [-0.2, -0.15) is 0 Å². The van der Waals surface area contributed by atoms with E-state index in [1.807, 2.05) is 11.8 Å². The lowest BCUT2D eigenvalue weighted by atomic mass is 9.89. The number of rotatable bonds is 8. The average Bonchev–Trinajstić information content (AvgIpc) is 3.85. The van der Waals surface area contributed by atoms with Gasteiger partial charge in [0, 0.05) is 30.5 Å². The Hall–Kier alpha value is -4.84. The molecule has 8 nitrogen and oxygen atoms in total. The maximum absolute atomic E-state index is 14.0. The van der Waals surface area contributed by atoms with Crippen molar-refractivity contribution in [1.82, 2.24) is 25.4 Å². The Morgan fingerprint density at radius 3 is 2.59 bits per heavy atom. The summed E-state index contributed by atoms with van der Waals surface area (Å²) in [4.78, 5) is 35.1. The number of thiophene rings is 1. The highest BCUT2D eigenvalue weighted by molar-refractivity contribution is 7.17. The van der Waals surface area contributed by atoms with Crippen LogP contribution in [0.15, 0.2) is 59.0 Å². The molecule has 7 rings (SSSR count). The van der Waals surface area contributed by atoms with Crippen LogP contribution in [0, 0.1) is 24.4 Å². The number of amides is 2. The van der Waals surface area contributed by atoms with Crippen LogP contribution in [0.4, 0.5) is 13.2 Å². The monoisotopic (exact) mass is 643 g/mol. The van der Waals surface area contributed by atoms with Crippen molar-refractivity contribution in [2.45, 2.75) is 51.6 Å². The van der Waals surface area contributed by atoms with E-state index in [-0.39, 0.29) is 36.1 Å². The Morgan fingerprint density at radius 2 is 1.85 bits per heavy atom. The summed E-state index contributed by atoms with van der Waals surface area (Å²) in [5, 5.41) is 11.2. The summed E-state index contributed by atoms with van der Waals surface area (Å²) in [5.41, 5.74) is 4.26. The summed E-state index contributed by atoms with van der Waals surface area (Å²) >= 11 is 1.20. The largest absolute Gasteiger partial charge is 0.421 e. The number of fused-ring (bicyclic) bond motifs is 3. The lowest BCUT2D eigenvalue weighted by molar-refractivity contribution is 0.0776. The molecule has 5 heterocycles. The maximum Gasteiger partial charge on any atom is 0.261 e. The third-order valence-corrected chi connectivity index (χ3v) is 9.64. The van der Waals surface area contributed by atoms with Gasteiger partial charge < -0.3 is 14.6 Å². The van der Waals surface area contributed by atoms with Crippen LogP contribution in [0.3, 0.4) is 0 Å². The average molecular weight is 644 g/mol. The first kappa shape index (κ1) is 29.8. The van der Waals surface area contributed by atoms with E-state index in [1.54, 1.807) is 31.2 Å². The molecule has 2 atom stereocenters. The first-order valence-corrected chi connectivity index (χ1v) is 15.8. The molecule has 46 heavy (non-hydrogen) atoms. The van der Waals surface area contributed by atoms with Crippen LogP contribution in [-0.2, 0) is 13.0 Å². The molecule has 12 heteroatoms. The van der Waals surface area contributed by atoms with Crippen LogP contribution in [0.2, 0.25) is 0 Å². The Balaban J connectivity index is 1.32. The minimum atomic E-state index is -0.991. The highest BCUT2D eigenvalue weighted by atomic mass is 32.1. The molecule has 0 spiro atoms. The van der Waals surface area contributed by atoms with Crippen LogP contribution < -0.4 is 5.32 Å². The van der Waals surface area contributed by atoms with Gasteiger partial charge in [0.1, 0.15) is 5.82 Å². The second-order valence-electron chi connectivity index (χ2n) is 11.6. The first-order valence-electron chi connectivity index (χ1n) is 14.9. The molecule has 1 N–H and O–H groups in total. The van der Waals surface area contributed by atoms with Gasteiger partial charge in [-0.25, -0.2) is 13.2 Å². The van der Waals surface area contributed by atoms with Gasteiger partial charge in [-0.05, 0) is 72.7 Å². The van der Waals surface area contributed by atoms with Crippen LogP contribution >= 0.6 is 11.3 Å². The number of benzene rings is 2. The molecule has 2 aliphatic rings. The molecule has 5 aromatic rings. The molecule has 0 unspecified atom stereocenters. The maximum atomic E-state index is 14.0. The van der Waals surface area contributed by atoms with Crippen LogP contribution in [0.1, 0.15) is 80.2 Å². The van der Waals surface area contributed by atoms with Crippen molar-refractivity contribution in [3.63, 3.8) is 0 Å². The topological polar surface area (TPSA) is 101 Å². The van der Waals surface area contributed by atoms with Gasteiger partial charge in [-0.1, -0.05) is 25.1 Å². The van der Waals surface area contributed by atoms with Gasteiger partial charge in [0.25, 0.3) is 11.8 Å².